The lowest BCUT2D eigenvalue weighted by atomic mass is 10.1. The van der Waals surface area contributed by atoms with Crippen LogP contribution in [0.15, 0.2) is 0 Å². The molecular weight excluding hydrogens is 140 g/mol. The molecule has 0 amide bonds. The van der Waals surface area contributed by atoms with Crippen molar-refractivity contribution in [2.24, 2.45) is 0 Å². The Balaban J connectivity index is 2.84. The average Bonchev–Trinajstić information content (AvgIpc) is 1.57. The second-order valence-corrected chi connectivity index (χ2v) is 5.24. The van der Waals surface area contributed by atoms with Crippen LogP contribution in [-0.4, -0.2) is 32.6 Å². The molecule has 0 spiro atoms. The molecule has 9 heavy (non-hydrogen) atoms. The minimum absolute atomic E-state index is 0.353. The van der Waals surface area contributed by atoms with Gasteiger partial charge in [0.2, 0.25) is 0 Å². The van der Waals surface area contributed by atoms with Crippen molar-refractivity contribution in [2.45, 2.75) is 11.7 Å². The van der Waals surface area contributed by atoms with E-state index in [4.69, 9.17) is 4.74 Å². The van der Waals surface area contributed by atoms with Crippen LogP contribution in [0, 0.1) is 0 Å². The molecule has 0 aliphatic carbocycles. The molecule has 0 radical (unpaired) electrons. The number of ether oxygens (including phenoxy) is 1. The van der Waals surface area contributed by atoms with Crippen molar-refractivity contribution < 1.29 is 13.2 Å². The van der Waals surface area contributed by atoms with Crippen LogP contribution in [-0.2, 0) is 14.6 Å². The minimum Gasteiger partial charge on any atom is -0.378 e. The molecule has 4 heteroatoms. The average molecular weight is 150 g/mol. The summed E-state index contributed by atoms with van der Waals surface area (Å²) in [6, 6.07) is 0. The molecule has 54 valence electrons. The van der Waals surface area contributed by atoms with Crippen molar-refractivity contribution >= 4 is 9.84 Å². The van der Waals surface area contributed by atoms with Crippen LogP contribution >= 0.6 is 0 Å². The normalized spacial score (nSPS) is 25.1. The van der Waals surface area contributed by atoms with Crippen LogP contribution in [0.2, 0.25) is 0 Å². The summed E-state index contributed by atoms with van der Waals surface area (Å²) in [6.07, 6.45) is 1.25. The van der Waals surface area contributed by atoms with Gasteiger partial charge in [-0.05, 0) is 6.92 Å². The van der Waals surface area contributed by atoms with E-state index in [1.807, 2.05) is 0 Å². The fourth-order valence-electron chi connectivity index (χ4n) is 0.604. The zero-order chi connectivity index (χ0) is 7.12. The van der Waals surface area contributed by atoms with Crippen molar-refractivity contribution in [1.82, 2.24) is 0 Å². The summed E-state index contributed by atoms with van der Waals surface area (Å²) in [5, 5.41) is 0. The maximum atomic E-state index is 10.9. The Hall–Kier alpha value is -0.0900. The Morgan fingerprint density at radius 3 is 1.89 bits per heavy atom. The van der Waals surface area contributed by atoms with Gasteiger partial charge in [-0.25, -0.2) is 8.42 Å². The molecule has 0 N–H and O–H groups in total. The first-order valence-corrected chi connectivity index (χ1v) is 4.62. The van der Waals surface area contributed by atoms with Crippen molar-refractivity contribution in [3.8, 4) is 0 Å². The number of hydrogen-bond donors (Lipinski definition) is 0. The molecule has 3 nitrogen and oxygen atoms in total. The minimum atomic E-state index is -2.89. The molecule has 1 aliphatic heterocycles. The molecular formula is C5H10O3S. The van der Waals surface area contributed by atoms with Crippen LogP contribution < -0.4 is 0 Å². The molecule has 0 unspecified atom stereocenters. The largest absolute Gasteiger partial charge is 0.378 e. The van der Waals surface area contributed by atoms with Gasteiger partial charge < -0.3 is 4.74 Å². The van der Waals surface area contributed by atoms with E-state index in [0.29, 0.717) is 13.2 Å². The van der Waals surface area contributed by atoms with Crippen LogP contribution in [0.25, 0.3) is 0 Å². The van der Waals surface area contributed by atoms with E-state index in [0.717, 1.165) is 0 Å². The molecule has 0 aromatic rings. The summed E-state index contributed by atoms with van der Waals surface area (Å²) >= 11 is 0. The lowest BCUT2D eigenvalue weighted by molar-refractivity contribution is -0.00456. The maximum absolute atomic E-state index is 10.9. The first kappa shape index (κ1) is 7.02. The van der Waals surface area contributed by atoms with Crippen LogP contribution in [0.3, 0.4) is 0 Å². The Labute approximate surface area is 54.9 Å². The second-order valence-electron chi connectivity index (χ2n) is 2.71. The van der Waals surface area contributed by atoms with E-state index in [1.54, 1.807) is 6.92 Å². The highest BCUT2D eigenvalue weighted by molar-refractivity contribution is 7.92. The standard InChI is InChI=1S/C5H10O3S/c1-5(3-8-4-5)9(2,6)7/h3-4H2,1-2H3. The summed E-state index contributed by atoms with van der Waals surface area (Å²) in [5.74, 6) is 0. The van der Waals surface area contributed by atoms with E-state index >= 15 is 0 Å². The summed E-state index contributed by atoms with van der Waals surface area (Å²) < 4.78 is 25.9. The third-order valence-corrected chi connectivity index (χ3v) is 3.74. The molecule has 0 saturated carbocycles. The lowest BCUT2D eigenvalue weighted by Gasteiger charge is -2.35. The van der Waals surface area contributed by atoms with E-state index in [2.05, 4.69) is 0 Å². The van der Waals surface area contributed by atoms with Gasteiger partial charge >= 0.3 is 0 Å². The summed E-state index contributed by atoms with van der Waals surface area (Å²) in [4.78, 5) is 0. The molecule has 1 fully saturated rings. The smallest absolute Gasteiger partial charge is 0.157 e. The second kappa shape index (κ2) is 1.70. The highest BCUT2D eigenvalue weighted by Crippen LogP contribution is 2.24. The quantitative estimate of drug-likeness (QED) is 0.521. The predicted octanol–water partition coefficient (Wildman–Crippen LogP) is -0.180. The van der Waals surface area contributed by atoms with Gasteiger partial charge in [0.25, 0.3) is 0 Å². The Kier molecular flexibility index (Phi) is 1.33. The van der Waals surface area contributed by atoms with Gasteiger partial charge in [-0.3, -0.25) is 0 Å². The van der Waals surface area contributed by atoms with Crippen LogP contribution in [0.1, 0.15) is 6.92 Å². The third-order valence-electron chi connectivity index (χ3n) is 1.71. The zero-order valence-corrected chi connectivity index (χ0v) is 6.36. The fraction of sp³-hybridized carbons (Fsp3) is 1.00. The van der Waals surface area contributed by atoms with Crippen molar-refractivity contribution in [3.05, 3.63) is 0 Å². The van der Waals surface area contributed by atoms with Gasteiger partial charge in [0.15, 0.2) is 9.84 Å². The van der Waals surface area contributed by atoms with Gasteiger partial charge in [0.05, 0.1) is 13.2 Å². The fourth-order valence-corrected chi connectivity index (χ4v) is 1.20. The van der Waals surface area contributed by atoms with Crippen molar-refractivity contribution in [3.63, 3.8) is 0 Å². The Morgan fingerprint density at radius 2 is 1.89 bits per heavy atom. The number of rotatable bonds is 1. The maximum Gasteiger partial charge on any atom is 0.157 e. The molecule has 1 rings (SSSR count). The van der Waals surface area contributed by atoms with Gasteiger partial charge in [-0.15, -0.1) is 0 Å². The topological polar surface area (TPSA) is 43.4 Å². The molecule has 0 atom stereocenters. The molecule has 1 saturated heterocycles. The molecule has 1 heterocycles. The SMILES string of the molecule is CC1(S(C)(=O)=O)COC1. The Morgan fingerprint density at radius 1 is 1.44 bits per heavy atom. The lowest BCUT2D eigenvalue weighted by Crippen LogP contribution is -2.52. The van der Waals surface area contributed by atoms with Gasteiger partial charge in [0.1, 0.15) is 4.75 Å². The zero-order valence-electron chi connectivity index (χ0n) is 5.55. The highest BCUT2D eigenvalue weighted by atomic mass is 32.2. The third kappa shape index (κ3) is 0.966. The first-order chi connectivity index (χ1) is 3.96. The van der Waals surface area contributed by atoms with Crippen molar-refractivity contribution in [2.75, 3.05) is 19.5 Å². The number of hydrogen-bond acceptors (Lipinski definition) is 3. The van der Waals surface area contributed by atoms with Gasteiger partial charge in [0, 0.05) is 6.26 Å². The number of sulfone groups is 1. The molecule has 0 aromatic carbocycles. The van der Waals surface area contributed by atoms with Crippen molar-refractivity contribution in [1.29, 1.82) is 0 Å². The van der Waals surface area contributed by atoms with E-state index < -0.39 is 14.6 Å². The Bertz CT molecular complexity index is 200. The summed E-state index contributed by atoms with van der Waals surface area (Å²) in [5.41, 5.74) is 0. The highest BCUT2D eigenvalue weighted by Gasteiger charge is 2.43. The van der Waals surface area contributed by atoms with E-state index in [1.165, 1.54) is 6.26 Å². The monoisotopic (exact) mass is 150 g/mol. The molecule has 0 bridgehead atoms. The van der Waals surface area contributed by atoms with Gasteiger partial charge in [-0.1, -0.05) is 0 Å². The van der Waals surface area contributed by atoms with E-state index in [9.17, 15) is 8.42 Å². The van der Waals surface area contributed by atoms with Gasteiger partial charge in [-0.2, -0.15) is 0 Å². The van der Waals surface area contributed by atoms with Crippen LogP contribution in [0.4, 0.5) is 0 Å². The molecule has 0 aromatic heterocycles. The first-order valence-electron chi connectivity index (χ1n) is 2.73. The van der Waals surface area contributed by atoms with Crippen LogP contribution in [0.5, 0.6) is 0 Å². The summed E-state index contributed by atoms with van der Waals surface area (Å²) in [7, 11) is -2.89. The molecule has 1 aliphatic rings. The predicted molar refractivity (Wildman–Crippen MR) is 34.1 cm³/mol. The summed E-state index contributed by atoms with van der Waals surface area (Å²) in [6.45, 7) is 2.41. The van der Waals surface area contributed by atoms with E-state index in [-0.39, 0.29) is 0 Å².